The Morgan fingerprint density at radius 2 is 2.10 bits per heavy atom. The van der Waals surface area contributed by atoms with Crippen molar-refractivity contribution in [2.45, 2.75) is 19.9 Å². The maximum absolute atomic E-state index is 13.8. The fourth-order valence-corrected chi connectivity index (χ4v) is 2.17. The Morgan fingerprint density at radius 3 is 2.60 bits per heavy atom. The highest BCUT2D eigenvalue weighted by Crippen LogP contribution is 2.20. The van der Waals surface area contributed by atoms with Crippen molar-refractivity contribution in [2.24, 2.45) is 5.73 Å². The van der Waals surface area contributed by atoms with Gasteiger partial charge < -0.3 is 16.0 Å². The fourth-order valence-electron chi connectivity index (χ4n) is 2.01. The van der Waals surface area contributed by atoms with Crippen LogP contribution < -0.4 is 11.1 Å². The first kappa shape index (κ1) is 16.9. The zero-order chi connectivity index (χ0) is 15.1. The minimum absolute atomic E-state index is 0.224. The number of nitrogens with one attached hydrogen (secondary N) is 1. The van der Waals surface area contributed by atoms with Crippen LogP contribution in [-0.4, -0.2) is 37.0 Å². The van der Waals surface area contributed by atoms with E-state index in [1.54, 1.807) is 6.07 Å². The molecule has 1 aromatic carbocycles. The lowest BCUT2D eigenvalue weighted by molar-refractivity contribution is -0.120. The van der Waals surface area contributed by atoms with Gasteiger partial charge in [0.2, 0.25) is 5.91 Å². The van der Waals surface area contributed by atoms with Crippen LogP contribution >= 0.6 is 11.6 Å². The van der Waals surface area contributed by atoms with Gasteiger partial charge in [0.15, 0.2) is 0 Å². The number of halogens is 2. The molecule has 0 bridgehead atoms. The average Bonchev–Trinajstić information content (AvgIpc) is 2.40. The Hall–Kier alpha value is -1.17. The maximum Gasteiger partial charge on any atom is 0.239 e. The number of benzene rings is 1. The molecule has 1 aromatic rings. The molecule has 6 heteroatoms. The van der Waals surface area contributed by atoms with Gasteiger partial charge in [-0.2, -0.15) is 0 Å². The summed E-state index contributed by atoms with van der Waals surface area (Å²) in [6.07, 6.45) is 0. The van der Waals surface area contributed by atoms with Crippen molar-refractivity contribution in [3.8, 4) is 0 Å². The number of nitrogens with zero attached hydrogens (tertiary/aromatic N) is 1. The Bertz CT molecular complexity index is 452. The number of likely N-dealkylation sites (N-methyl/N-ethyl adjacent to an activating group) is 1. The molecule has 1 unspecified atom stereocenters. The van der Waals surface area contributed by atoms with Crippen molar-refractivity contribution in [3.63, 3.8) is 0 Å². The number of hydrogen-bond acceptors (Lipinski definition) is 3. The molecule has 112 valence electrons. The molecule has 0 aliphatic carbocycles. The van der Waals surface area contributed by atoms with Gasteiger partial charge in [-0.3, -0.25) is 4.79 Å². The normalized spacial score (nSPS) is 12.7. The minimum Gasteiger partial charge on any atom is -0.368 e. The van der Waals surface area contributed by atoms with Crippen LogP contribution in [0.3, 0.4) is 0 Å². The van der Waals surface area contributed by atoms with Crippen LogP contribution in [0.15, 0.2) is 18.2 Å². The summed E-state index contributed by atoms with van der Waals surface area (Å²) in [6, 6.07) is 3.36. The van der Waals surface area contributed by atoms with Crippen LogP contribution in [0.25, 0.3) is 0 Å². The second-order valence-electron chi connectivity index (χ2n) is 4.48. The van der Waals surface area contributed by atoms with Crippen LogP contribution in [-0.2, 0) is 4.79 Å². The second kappa shape index (κ2) is 8.19. The van der Waals surface area contributed by atoms with E-state index in [4.69, 9.17) is 17.3 Å². The molecule has 0 saturated carbocycles. The van der Waals surface area contributed by atoms with Crippen LogP contribution in [0.1, 0.15) is 25.5 Å². The molecule has 0 spiro atoms. The second-order valence-corrected chi connectivity index (χ2v) is 4.92. The molecule has 0 aromatic heterocycles. The fraction of sp³-hybridized carbons (Fsp3) is 0.500. The number of carbonyl (C=O) groups excluding carboxylic acids is 1. The van der Waals surface area contributed by atoms with E-state index in [1.165, 1.54) is 12.1 Å². The van der Waals surface area contributed by atoms with Gasteiger partial charge in [-0.05, 0) is 25.2 Å². The van der Waals surface area contributed by atoms with Gasteiger partial charge in [0.1, 0.15) is 11.9 Å². The lowest BCUT2D eigenvalue weighted by Crippen LogP contribution is -2.39. The molecule has 0 heterocycles. The van der Waals surface area contributed by atoms with Crippen LogP contribution in [0.2, 0.25) is 5.02 Å². The van der Waals surface area contributed by atoms with Crippen LogP contribution in [0.4, 0.5) is 4.39 Å². The van der Waals surface area contributed by atoms with Gasteiger partial charge >= 0.3 is 0 Å². The van der Waals surface area contributed by atoms with E-state index in [1.807, 2.05) is 0 Å². The number of rotatable bonds is 8. The highest BCUT2D eigenvalue weighted by atomic mass is 35.5. The topological polar surface area (TPSA) is 58.4 Å². The lowest BCUT2D eigenvalue weighted by Gasteiger charge is -2.21. The summed E-state index contributed by atoms with van der Waals surface area (Å²) in [5.74, 6) is -1.14. The van der Waals surface area contributed by atoms with E-state index in [2.05, 4.69) is 24.1 Å². The molecule has 0 aliphatic rings. The molecule has 20 heavy (non-hydrogen) atoms. The third-order valence-electron chi connectivity index (χ3n) is 3.23. The van der Waals surface area contributed by atoms with E-state index >= 15 is 0 Å². The largest absolute Gasteiger partial charge is 0.368 e. The number of hydrogen-bond donors (Lipinski definition) is 2. The average molecular weight is 302 g/mol. The van der Waals surface area contributed by atoms with E-state index < -0.39 is 17.8 Å². The summed E-state index contributed by atoms with van der Waals surface area (Å²) in [4.78, 5) is 13.7. The Kier molecular flexibility index (Phi) is 6.91. The standard InChI is InChI=1S/C14H21ClFN3O/c1-3-19(4-2)8-7-18-13(14(17)20)11-6-5-10(15)9-12(11)16/h5-6,9,13,18H,3-4,7-8H2,1-2H3,(H2,17,20). The number of amides is 1. The van der Waals surface area contributed by atoms with Crippen molar-refractivity contribution in [2.75, 3.05) is 26.2 Å². The quantitative estimate of drug-likeness (QED) is 0.771. The monoisotopic (exact) mass is 301 g/mol. The van der Waals surface area contributed by atoms with Crippen LogP contribution in [0.5, 0.6) is 0 Å². The molecule has 0 radical (unpaired) electrons. The molecule has 0 saturated heterocycles. The summed E-state index contributed by atoms with van der Waals surface area (Å²) in [7, 11) is 0. The van der Waals surface area contributed by atoms with Gasteiger partial charge in [0.25, 0.3) is 0 Å². The zero-order valence-corrected chi connectivity index (χ0v) is 12.6. The third-order valence-corrected chi connectivity index (χ3v) is 3.46. The van der Waals surface area contributed by atoms with Gasteiger partial charge in [0.05, 0.1) is 0 Å². The van der Waals surface area contributed by atoms with E-state index in [0.717, 1.165) is 19.6 Å². The van der Waals surface area contributed by atoms with E-state index in [9.17, 15) is 9.18 Å². The minimum atomic E-state index is -0.845. The highest BCUT2D eigenvalue weighted by molar-refractivity contribution is 6.30. The summed E-state index contributed by atoms with van der Waals surface area (Å²) in [5.41, 5.74) is 5.57. The predicted octanol–water partition coefficient (Wildman–Crippen LogP) is 1.94. The van der Waals surface area contributed by atoms with Crippen molar-refractivity contribution in [1.82, 2.24) is 10.2 Å². The maximum atomic E-state index is 13.8. The van der Waals surface area contributed by atoms with Crippen molar-refractivity contribution < 1.29 is 9.18 Å². The lowest BCUT2D eigenvalue weighted by atomic mass is 10.1. The van der Waals surface area contributed by atoms with Gasteiger partial charge in [0, 0.05) is 23.7 Å². The Morgan fingerprint density at radius 1 is 1.45 bits per heavy atom. The smallest absolute Gasteiger partial charge is 0.239 e. The summed E-state index contributed by atoms with van der Waals surface area (Å²) < 4.78 is 13.8. The first-order valence-electron chi connectivity index (χ1n) is 6.69. The molecule has 1 amide bonds. The summed E-state index contributed by atoms with van der Waals surface area (Å²) in [5, 5.41) is 3.29. The van der Waals surface area contributed by atoms with Gasteiger partial charge in [-0.1, -0.05) is 31.5 Å². The number of carbonyl (C=O) groups is 1. The van der Waals surface area contributed by atoms with Crippen molar-refractivity contribution in [1.29, 1.82) is 0 Å². The third kappa shape index (κ3) is 4.74. The summed E-state index contributed by atoms with van der Waals surface area (Å²) in [6.45, 7) is 7.30. The molecule has 3 N–H and O–H groups in total. The van der Waals surface area contributed by atoms with Crippen molar-refractivity contribution in [3.05, 3.63) is 34.6 Å². The molecule has 0 aliphatic heterocycles. The van der Waals surface area contributed by atoms with E-state index in [0.29, 0.717) is 6.54 Å². The molecule has 1 atom stereocenters. The molecule has 0 fully saturated rings. The zero-order valence-electron chi connectivity index (χ0n) is 11.8. The van der Waals surface area contributed by atoms with Crippen LogP contribution in [0, 0.1) is 5.82 Å². The SMILES string of the molecule is CCN(CC)CCNC(C(N)=O)c1ccc(Cl)cc1F. The highest BCUT2D eigenvalue weighted by Gasteiger charge is 2.20. The number of primary amides is 1. The van der Waals surface area contributed by atoms with E-state index in [-0.39, 0.29) is 10.6 Å². The molecule has 1 rings (SSSR count). The molecule has 4 nitrogen and oxygen atoms in total. The first-order chi connectivity index (χ1) is 9.49. The van der Waals surface area contributed by atoms with Crippen molar-refractivity contribution >= 4 is 17.5 Å². The summed E-state index contributed by atoms with van der Waals surface area (Å²) >= 11 is 5.70. The molecular weight excluding hydrogens is 281 g/mol. The predicted molar refractivity (Wildman–Crippen MR) is 79.1 cm³/mol. The first-order valence-corrected chi connectivity index (χ1v) is 7.07. The Balaban J connectivity index is 2.72. The van der Waals surface area contributed by atoms with Gasteiger partial charge in [-0.15, -0.1) is 0 Å². The molecular formula is C14H21ClFN3O. The van der Waals surface area contributed by atoms with Gasteiger partial charge in [-0.25, -0.2) is 4.39 Å². The number of nitrogens with two attached hydrogens (primary N) is 1. The Labute approximate surface area is 124 Å².